The first-order valence-corrected chi connectivity index (χ1v) is 7.83. The topological polar surface area (TPSA) is 81.7 Å². The van der Waals surface area contributed by atoms with Gasteiger partial charge in [-0.3, -0.25) is 4.79 Å². The van der Waals surface area contributed by atoms with Crippen molar-refractivity contribution in [3.8, 4) is 0 Å². The average Bonchev–Trinajstić information content (AvgIpc) is 2.65. The van der Waals surface area contributed by atoms with Crippen LogP contribution in [0.2, 0.25) is 0 Å². The molecule has 1 N–H and O–H groups in total. The summed E-state index contributed by atoms with van der Waals surface area (Å²) in [6.07, 6.45) is 0.233. The number of halogens is 1. The van der Waals surface area contributed by atoms with Crippen LogP contribution in [-0.2, 0) is 25.5 Å². The van der Waals surface area contributed by atoms with Gasteiger partial charge in [-0.05, 0) is 23.8 Å². The molecule has 0 aliphatic carbocycles. The third-order valence-electron chi connectivity index (χ3n) is 3.50. The average molecular weight is 359 g/mol. The molecule has 0 fully saturated rings. The number of carbonyl (C=O) groups is 3. The summed E-state index contributed by atoms with van der Waals surface area (Å²) in [7, 11) is 1.22. The second-order valence-corrected chi connectivity index (χ2v) is 5.42. The highest BCUT2D eigenvalue weighted by Gasteiger charge is 2.22. The van der Waals surface area contributed by atoms with E-state index in [9.17, 15) is 18.8 Å². The largest absolute Gasteiger partial charge is 0.467 e. The van der Waals surface area contributed by atoms with Crippen molar-refractivity contribution in [3.05, 3.63) is 71.5 Å². The predicted molar refractivity (Wildman–Crippen MR) is 90.8 cm³/mol. The van der Waals surface area contributed by atoms with Gasteiger partial charge in [-0.25, -0.2) is 14.0 Å². The fourth-order valence-corrected chi connectivity index (χ4v) is 2.25. The number of hydrogen-bond donors (Lipinski definition) is 1. The lowest BCUT2D eigenvalue weighted by molar-refractivity contribution is -0.145. The van der Waals surface area contributed by atoms with Gasteiger partial charge >= 0.3 is 11.9 Å². The number of benzene rings is 2. The molecule has 0 heterocycles. The molecule has 0 radical (unpaired) electrons. The van der Waals surface area contributed by atoms with Crippen molar-refractivity contribution < 1.29 is 28.2 Å². The molecule has 0 saturated carbocycles. The highest BCUT2D eigenvalue weighted by atomic mass is 19.1. The van der Waals surface area contributed by atoms with Crippen LogP contribution < -0.4 is 5.32 Å². The maximum atomic E-state index is 13.1. The number of carbonyl (C=O) groups excluding carboxylic acids is 3. The Bertz CT molecular complexity index is 779. The van der Waals surface area contributed by atoms with E-state index in [0.29, 0.717) is 0 Å². The third-order valence-corrected chi connectivity index (χ3v) is 3.50. The minimum Gasteiger partial charge on any atom is -0.467 e. The lowest BCUT2D eigenvalue weighted by atomic mass is 10.1. The third kappa shape index (κ3) is 5.70. The van der Waals surface area contributed by atoms with Crippen LogP contribution in [0.5, 0.6) is 0 Å². The number of rotatable bonds is 7. The quantitative estimate of drug-likeness (QED) is 0.764. The molecule has 2 aromatic rings. The Kier molecular flexibility index (Phi) is 6.84. The molecule has 1 amide bonds. The molecule has 2 aromatic carbocycles. The van der Waals surface area contributed by atoms with Crippen LogP contribution in [-0.4, -0.2) is 37.6 Å². The zero-order valence-corrected chi connectivity index (χ0v) is 14.1. The zero-order chi connectivity index (χ0) is 18.9. The first kappa shape index (κ1) is 19.1. The van der Waals surface area contributed by atoms with Gasteiger partial charge < -0.3 is 14.8 Å². The molecule has 2 rings (SSSR count). The van der Waals surface area contributed by atoms with Gasteiger partial charge in [0.2, 0.25) is 0 Å². The van der Waals surface area contributed by atoms with Crippen molar-refractivity contribution in [3.63, 3.8) is 0 Å². The van der Waals surface area contributed by atoms with E-state index < -0.39 is 36.3 Å². The van der Waals surface area contributed by atoms with E-state index in [1.54, 1.807) is 0 Å². The van der Waals surface area contributed by atoms with Gasteiger partial charge in [0, 0.05) is 6.42 Å². The molecule has 26 heavy (non-hydrogen) atoms. The molecule has 1 unspecified atom stereocenters. The maximum Gasteiger partial charge on any atom is 0.338 e. The summed E-state index contributed by atoms with van der Waals surface area (Å²) in [6, 6.07) is 13.1. The molecular weight excluding hydrogens is 341 g/mol. The fourth-order valence-electron chi connectivity index (χ4n) is 2.25. The van der Waals surface area contributed by atoms with Gasteiger partial charge in [-0.2, -0.15) is 0 Å². The summed E-state index contributed by atoms with van der Waals surface area (Å²) >= 11 is 0. The Labute approximate surface area is 149 Å². The standard InChI is InChI=1S/C19H18FNO5/c1-25-19(24)16(10-13-6-3-2-4-7-13)21-17(22)12-26-18(23)14-8-5-9-15(20)11-14/h2-9,11,16H,10,12H2,1H3,(H,21,22). The summed E-state index contributed by atoms with van der Waals surface area (Å²) in [4.78, 5) is 35.7. The fraction of sp³-hybridized carbons (Fsp3) is 0.211. The molecule has 6 nitrogen and oxygen atoms in total. The van der Waals surface area contributed by atoms with Crippen molar-refractivity contribution in [1.82, 2.24) is 5.32 Å². The molecule has 1 atom stereocenters. The van der Waals surface area contributed by atoms with Crippen LogP contribution in [0.1, 0.15) is 15.9 Å². The van der Waals surface area contributed by atoms with Crippen LogP contribution >= 0.6 is 0 Å². The number of methoxy groups -OCH3 is 1. The number of hydrogen-bond acceptors (Lipinski definition) is 5. The van der Waals surface area contributed by atoms with Crippen LogP contribution in [0.25, 0.3) is 0 Å². The second-order valence-electron chi connectivity index (χ2n) is 5.42. The monoisotopic (exact) mass is 359 g/mol. The smallest absolute Gasteiger partial charge is 0.338 e. The molecule has 0 aromatic heterocycles. The number of ether oxygens (including phenoxy) is 2. The summed E-state index contributed by atoms with van der Waals surface area (Å²) in [5.74, 6) is -2.70. The minimum atomic E-state index is -0.914. The molecule has 0 bridgehead atoms. The maximum absolute atomic E-state index is 13.1. The predicted octanol–water partition coefficient (Wildman–Crippen LogP) is 1.88. The van der Waals surface area contributed by atoms with Gasteiger partial charge in [0.25, 0.3) is 5.91 Å². The van der Waals surface area contributed by atoms with E-state index in [0.717, 1.165) is 11.6 Å². The molecular formula is C19H18FNO5. The van der Waals surface area contributed by atoms with Gasteiger partial charge in [0.15, 0.2) is 6.61 Å². The molecule has 0 spiro atoms. The first-order valence-electron chi connectivity index (χ1n) is 7.83. The van der Waals surface area contributed by atoms with E-state index in [1.165, 1.54) is 25.3 Å². The van der Waals surface area contributed by atoms with E-state index in [4.69, 9.17) is 9.47 Å². The Balaban J connectivity index is 1.92. The highest BCUT2D eigenvalue weighted by molar-refractivity contribution is 5.92. The van der Waals surface area contributed by atoms with Gasteiger partial charge in [0.1, 0.15) is 11.9 Å². The van der Waals surface area contributed by atoms with Crippen LogP contribution in [0.15, 0.2) is 54.6 Å². The van der Waals surface area contributed by atoms with E-state index in [2.05, 4.69) is 5.32 Å². The summed E-state index contributed by atoms with van der Waals surface area (Å²) in [6.45, 7) is -0.600. The van der Waals surface area contributed by atoms with Crippen LogP contribution in [0.3, 0.4) is 0 Å². The molecule has 0 aliphatic heterocycles. The van der Waals surface area contributed by atoms with Gasteiger partial charge in [0.05, 0.1) is 12.7 Å². The number of nitrogens with one attached hydrogen (secondary N) is 1. The van der Waals surface area contributed by atoms with E-state index >= 15 is 0 Å². The van der Waals surface area contributed by atoms with Crippen molar-refractivity contribution in [2.75, 3.05) is 13.7 Å². The summed E-state index contributed by atoms with van der Waals surface area (Å²) in [5, 5.41) is 2.47. The lowest BCUT2D eigenvalue weighted by Crippen LogP contribution is -2.44. The zero-order valence-electron chi connectivity index (χ0n) is 14.1. The lowest BCUT2D eigenvalue weighted by Gasteiger charge is -2.16. The molecule has 136 valence electrons. The van der Waals surface area contributed by atoms with Crippen molar-refractivity contribution >= 4 is 17.8 Å². The van der Waals surface area contributed by atoms with Crippen molar-refractivity contribution in [1.29, 1.82) is 0 Å². The SMILES string of the molecule is COC(=O)C(Cc1ccccc1)NC(=O)COC(=O)c1cccc(F)c1. The second kappa shape index (κ2) is 9.31. The molecule has 0 saturated heterocycles. The van der Waals surface area contributed by atoms with Crippen LogP contribution in [0.4, 0.5) is 4.39 Å². The summed E-state index contributed by atoms with van der Waals surface area (Å²) in [5.41, 5.74) is 0.826. The number of esters is 2. The summed E-state index contributed by atoms with van der Waals surface area (Å²) < 4.78 is 22.6. The van der Waals surface area contributed by atoms with E-state index in [-0.39, 0.29) is 12.0 Å². The Morgan fingerprint density at radius 3 is 2.46 bits per heavy atom. The van der Waals surface area contributed by atoms with Gasteiger partial charge in [-0.1, -0.05) is 36.4 Å². The van der Waals surface area contributed by atoms with E-state index in [1.807, 2.05) is 30.3 Å². The Morgan fingerprint density at radius 2 is 1.81 bits per heavy atom. The van der Waals surface area contributed by atoms with Crippen molar-refractivity contribution in [2.45, 2.75) is 12.5 Å². The van der Waals surface area contributed by atoms with Crippen molar-refractivity contribution in [2.24, 2.45) is 0 Å². The molecule has 7 heteroatoms. The van der Waals surface area contributed by atoms with Crippen LogP contribution in [0, 0.1) is 5.82 Å². The first-order chi connectivity index (χ1) is 12.5. The highest BCUT2D eigenvalue weighted by Crippen LogP contribution is 2.06. The number of amides is 1. The molecule has 0 aliphatic rings. The Morgan fingerprint density at radius 1 is 1.08 bits per heavy atom. The van der Waals surface area contributed by atoms with Gasteiger partial charge in [-0.15, -0.1) is 0 Å². The normalized spacial score (nSPS) is 11.3. The Hall–Kier alpha value is -3.22. The minimum absolute atomic E-state index is 0.00777.